The maximum absolute atomic E-state index is 13.4. The summed E-state index contributed by atoms with van der Waals surface area (Å²) in [5.74, 6) is 1.06. The molecule has 0 bridgehead atoms. The van der Waals surface area contributed by atoms with Gasteiger partial charge in [0, 0.05) is 29.7 Å². The first kappa shape index (κ1) is 19.2. The first-order valence-electron chi connectivity index (χ1n) is 10.5. The molecule has 1 aliphatic carbocycles. The predicted molar refractivity (Wildman–Crippen MR) is 120 cm³/mol. The topological polar surface area (TPSA) is 86.0 Å². The molecule has 0 radical (unpaired) electrons. The van der Waals surface area contributed by atoms with Crippen molar-refractivity contribution in [1.29, 1.82) is 0 Å². The third-order valence-electron chi connectivity index (χ3n) is 5.89. The number of amides is 1. The van der Waals surface area contributed by atoms with Crippen LogP contribution in [0.5, 0.6) is 5.88 Å². The monoisotopic (exact) mass is 446 g/mol. The number of hydrogen-bond acceptors (Lipinski definition) is 6. The van der Waals surface area contributed by atoms with Crippen molar-refractivity contribution in [2.75, 3.05) is 18.1 Å². The van der Waals surface area contributed by atoms with Gasteiger partial charge in [-0.25, -0.2) is 19.9 Å². The number of ether oxygens (including phenoxy) is 1. The van der Waals surface area contributed by atoms with Crippen molar-refractivity contribution in [2.45, 2.75) is 25.7 Å². The second-order valence-electron chi connectivity index (χ2n) is 8.14. The standard InChI is InChI=1S/C23H19ClN6O2/c1-13-10-25-23(26-11-13)30-5-4-15-8-16(9-17(19(15)30)14-2-3-14)29-6-7-32-21-18(22(29)31)20(24)27-12-28-21/h4-5,8-12,14H,2-3,6-7H2,1H3. The number of aromatic nitrogens is 5. The Labute approximate surface area is 188 Å². The van der Waals surface area contributed by atoms with E-state index in [1.54, 1.807) is 4.90 Å². The Balaban J connectivity index is 1.49. The molecule has 1 fully saturated rings. The molecule has 3 aromatic heterocycles. The van der Waals surface area contributed by atoms with Gasteiger partial charge >= 0.3 is 0 Å². The Morgan fingerprint density at radius 3 is 2.72 bits per heavy atom. The van der Waals surface area contributed by atoms with Gasteiger partial charge in [0.05, 0.1) is 12.1 Å². The molecule has 1 amide bonds. The molecule has 0 spiro atoms. The summed E-state index contributed by atoms with van der Waals surface area (Å²) >= 11 is 6.24. The predicted octanol–water partition coefficient (Wildman–Crippen LogP) is 4.09. The Morgan fingerprint density at radius 2 is 1.94 bits per heavy atom. The summed E-state index contributed by atoms with van der Waals surface area (Å²) in [6.07, 6.45) is 9.17. The molecule has 6 rings (SSSR count). The smallest absolute Gasteiger partial charge is 0.267 e. The largest absolute Gasteiger partial charge is 0.475 e. The Kier molecular flexibility index (Phi) is 4.36. The van der Waals surface area contributed by atoms with E-state index in [4.69, 9.17) is 16.3 Å². The molecule has 4 heterocycles. The normalized spacial score (nSPS) is 16.1. The van der Waals surface area contributed by atoms with Gasteiger partial charge in [-0.2, -0.15) is 0 Å². The van der Waals surface area contributed by atoms with Gasteiger partial charge in [0.25, 0.3) is 5.91 Å². The summed E-state index contributed by atoms with van der Waals surface area (Å²) in [6, 6.07) is 6.16. The Bertz CT molecular complexity index is 1360. The minimum Gasteiger partial charge on any atom is -0.475 e. The van der Waals surface area contributed by atoms with Gasteiger partial charge in [0.2, 0.25) is 11.8 Å². The summed E-state index contributed by atoms with van der Waals surface area (Å²) < 4.78 is 7.71. The number of benzene rings is 1. The second-order valence-corrected chi connectivity index (χ2v) is 8.50. The van der Waals surface area contributed by atoms with E-state index in [1.165, 1.54) is 11.9 Å². The third-order valence-corrected chi connectivity index (χ3v) is 6.17. The zero-order chi connectivity index (χ0) is 21.8. The van der Waals surface area contributed by atoms with E-state index in [-0.39, 0.29) is 22.5 Å². The number of nitrogens with zero attached hydrogens (tertiary/aromatic N) is 6. The van der Waals surface area contributed by atoms with Crippen molar-refractivity contribution >= 4 is 34.1 Å². The average molecular weight is 447 g/mol. The highest BCUT2D eigenvalue weighted by molar-refractivity contribution is 6.33. The van der Waals surface area contributed by atoms with Crippen LogP contribution in [0.25, 0.3) is 16.9 Å². The van der Waals surface area contributed by atoms with Crippen molar-refractivity contribution in [3.8, 4) is 11.8 Å². The van der Waals surface area contributed by atoms with Gasteiger partial charge in [0.1, 0.15) is 23.7 Å². The fourth-order valence-corrected chi connectivity index (χ4v) is 4.40. The summed E-state index contributed by atoms with van der Waals surface area (Å²) in [5.41, 5.74) is 4.30. The van der Waals surface area contributed by atoms with Crippen LogP contribution in [0.15, 0.2) is 43.1 Å². The molecule has 0 unspecified atom stereocenters. The van der Waals surface area contributed by atoms with Crippen molar-refractivity contribution in [2.24, 2.45) is 0 Å². The highest BCUT2D eigenvalue weighted by Crippen LogP contribution is 2.45. The summed E-state index contributed by atoms with van der Waals surface area (Å²) in [6.45, 7) is 2.68. The first-order chi connectivity index (χ1) is 15.6. The van der Waals surface area contributed by atoms with Crippen LogP contribution in [0.1, 0.15) is 40.2 Å². The van der Waals surface area contributed by atoms with E-state index in [2.05, 4.69) is 26.0 Å². The Morgan fingerprint density at radius 1 is 1.12 bits per heavy atom. The average Bonchev–Trinajstić information content (AvgIpc) is 3.57. The van der Waals surface area contributed by atoms with E-state index >= 15 is 0 Å². The minimum atomic E-state index is -0.259. The van der Waals surface area contributed by atoms with Crippen LogP contribution < -0.4 is 9.64 Å². The van der Waals surface area contributed by atoms with Crippen LogP contribution in [0.2, 0.25) is 5.15 Å². The molecular weight excluding hydrogens is 428 g/mol. The molecular formula is C23H19ClN6O2. The van der Waals surface area contributed by atoms with Crippen LogP contribution in [0.4, 0.5) is 5.69 Å². The molecule has 8 nitrogen and oxygen atoms in total. The lowest BCUT2D eigenvalue weighted by Crippen LogP contribution is -2.32. The third kappa shape index (κ3) is 3.10. The quantitative estimate of drug-likeness (QED) is 0.440. The van der Waals surface area contributed by atoms with Gasteiger partial charge in [-0.1, -0.05) is 11.6 Å². The molecule has 1 aliphatic heterocycles. The fraction of sp³-hybridized carbons (Fsp3) is 0.261. The summed E-state index contributed by atoms with van der Waals surface area (Å²) in [7, 11) is 0. The molecule has 32 heavy (non-hydrogen) atoms. The highest BCUT2D eigenvalue weighted by Gasteiger charge is 2.32. The van der Waals surface area contributed by atoms with Crippen LogP contribution in [-0.4, -0.2) is 43.6 Å². The number of rotatable bonds is 3. The van der Waals surface area contributed by atoms with Gasteiger partial charge < -0.3 is 9.64 Å². The molecule has 4 aromatic rings. The lowest BCUT2D eigenvalue weighted by atomic mass is 10.0. The molecule has 2 aliphatic rings. The van der Waals surface area contributed by atoms with Crippen LogP contribution in [0, 0.1) is 6.92 Å². The van der Waals surface area contributed by atoms with Crippen molar-refractivity contribution in [1.82, 2.24) is 24.5 Å². The number of anilines is 1. The van der Waals surface area contributed by atoms with Gasteiger partial charge in [-0.05, 0) is 55.0 Å². The van der Waals surface area contributed by atoms with Crippen LogP contribution in [-0.2, 0) is 0 Å². The van der Waals surface area contributed by atoms with Crippen LogP contribution in [0.3, 0.4) is 0 Å². The van der Waals surface area contributed by atoms with E-state index in [0.29, 0.717) is 25.0 Å². The molecule has 1 saturated carbocycles. The molecule has 9 heteroatoms. The van der Waals surface area contributed by atoms with Gasteiger partial charge in [-0.15, -0.1) is 0 Å². The van der Waals surface area contributed by atoms with Gasteiger partial charge in [-0.3, -0.25) is 9.36 Å². The fourth-order valence-electron chi connectivity index (χ4n) is 4.19. The number of hydrogen-bond donors (Lipinski definition) is 0. The molecule has 0 atom stereocenters. The highest BCUT2D eigenvalue weighted by atomic mass is 35.5. The maximum Gasteiger partial charge on any atom is 0.267 e. The maximum atomic E-state index is 13.4. The van der Waals surface area contributed by atoms with E-state index < -0.39 is 0 Å². The lowest BCUT2D eigenvalue weighted by molar-refractivity contribution is 0.0989. The number of aryl methyl sites for hydroxylation is 1. The van der Waals surface area contributed by atoms with E-state index in [9.17, 15) is 4.79 Å². The minimum absolute atomic E-state index is 0.0954. The van der Waals surface area contributed by atoms with Crippen molar-refractivity contribution < 1.29 is 9.53 Å². The Hall–Kier alpha value is -3.52. The van der Waals surface area contributed by atoms with Gasteiger partial charge in [0.15, 0.2) is 0 Å². The zero-order valence-electron chi connectivity index (χ0n) is 17.3. The molecule has 160 valence electrons. The SMILES string of the molecule is Cc1cnc(-n2ccc3cc(N4CCOc5ncnc(Cl)c5C4=O)cc(C4CC4)c32)nc1. The molecule has 0 N–H and O–H groups in total. The number of fused-ring (bicyclic) bond motifs is 2. The number of carbonyl (C=O) groups excluding carboxylic acids is 1. The van der Waals surface area contributed by atoms with Crippen LogP contribution >= 0.6 is 11.6 Å². The zero-order valence-corrected chi connectivity index (χ0v) is 18.1. The summed E-state index contributed by atoms with van der Waals surface area (Å²) in [5, 5.41) is 1.13. The molecule has 1 aromatic carbocycles. The van der Waals surface area contributed by atoms with Crippen molar-refractivity contribution in [3.05, 3.63) is 65.0 Å². The van der Waals surface area contributed by atoms with Crippen molar-refractivity contribution in [3.63, 3.8) is 0 Å². The second kappa shape index (κ2) is 7.27. The number of carbonyl (C=O) groups is 1. The summed E-state index contributed by atoms with van der Waals surface area (Å²) in [4.78, 5) is 32.2. The number of halogens is 1. The lowest BCUT2D eigenvalue weighted by Gasteiger charge is -2.22. The molecule has 0 saturated heterocycles. The van der Waals surface area contributed by atoms with E-state index in [1.807, 2.05) is 42.2 Å². The first-order valence-corrected chi connectivity index (χ1v) is 10.9. The van der Waals surface area contributed by atoms with E-state index in [0.717, 1.165) is 35.0 Å².